The number of rotatable bonds is 11. The van der Waals surface area contributed by atoms with Crippen molar-refractivity contribution in [2.45, 2.75) is 73.6 Å². The summed E-state index contributed by atoms with van der Waals surface area (Å²) in [6.45, 7) is 12.7. The summed E-state index contributed by atoms with van der Waals surface area (Å²) in [7, 11) is 0. The van der Waals surface area contributed by atoms with Crippen LogP contribution in [0.1, 0.15) is 73.6 Å². The monoisotopic (exact) mass is 298 g/mol. The van der Waals surface area contributed by atoms with Crippen molar-refractivity contribution >= 4 is 11.8 Å². The van der Waals surface area contributed by atoms with Crippen LogP contribution in [-0.2, 0) is 14.3 Å². The lowest BCUT2D eigenvalue weighted by molar-refractivity contribution is -0.156. The lowest BCUT2D eigenvalue weighted by Gasteiger charge is -2.30. The Labute approximate surface area is 130 Å². The van der Waals surface area contributed by atoms with Gasteiger partial charge in [0.25, 0.3) is 0 Å². The summed E-state index contributed by atoms with van der Waals surface area (Å²) in [6, 6.07) is 0. The third-order valence-electron chi connectivity index (χ3n) is 3.99. The molecule has 0 aromatic rings. The average Bonchev–Trinajstić information content (AvgIpc) is 2.41. The van der Waals surface area contributed by atoms with Crippen LogP contribution >= 0.6 is 0 Å². The topological polar surface area (TPSA) is 43.4 Å². The number of carbonyl (C=O) groups excluding carboxylic acids is 2. The standard InChI is InChI=1S/C18H34O3/c1-7-9-11-15(19)16(13(3)4)17(14(5)6)18(20)21-12-10-8-2/h13-14,16-17H,7-12H2,1-6H3. The Kier molecular flexibility index (Phi) is 10.4. The van der Waals surface area contributed by atoms with Gasteiger partial charge >= 0.3 is 5.97 Å². The van der Waals surface area contributed by atoms with Gasteiger partial charge in [0.05, 0.1) is 12.5 Å². The number of ether oxygens (including phenoxy) is 1. The molecular formula is C18H34O3. The number of hydrogen-bond acceptors (Lipinski definition) is 3. The van der Waals surface area contributed by atoms with Crippen molar-refractivity contribution in [3.63, 3.8) is 0 Å². The highest BCUT2D eigenvalue weighted by atomic mass is 16.5. The molecule has 0 heterocycles. The van der Waals surface area contributed by atoms with Crippen molar-refractivity contribution in [1.82, 2.24) is 0 Å². The predicted molar refractivity (Wildman–Crippen MR) is 87.1 cm³/mol. The van der Waals surface area contributed by atoms with Gasteiger partial charge in [-0.1, -0.05) is 54.4 Å². The molecule has 0 aromatic carbocycles. The first kappa shape index (κ1) is 20.1. The minimum atomic E-state index is -0.314. The van der Waals surface area contributed by atoms with Crippen LogP contribution in [0.2, 0.25) is 0 Å². The zero-order valence-electron chi connectivity index (χ0n) is 14.8. The number of esters is 1. The van der Waals surface area contributed by atoms with Crippen molar-refractivity contribution < 1.29 is 14.3 Å². The van der Waals surface area contributed by atoms with Crippen LogP contribution in [0.4, 0.5) is 0 Å². The van der Waals surface area contributed by atoms with Crippen molar-refractivity contribution in [2.75, 3.05) is 6.61 Å². The number of ketones is 1. The molecule has 3 nitrogen and oxygen atoms in total. The number of carbonyl (C=O) groups is 2. The predicted octanol–water partition coefficient (Wildman–Crippen LogP) is 4.63. The summed E-state index contributed by atoms with van der Waals surface area (Å²) in [5.41, 5.74) is 0. The molecule has 0 fully saturated rings. The second-order valence-corrected chi connectivity index (χ2v) is 6.63. The normalized spacial score (nSPS) is 14.3. The van der Waals surface area contributed by atoms with E-state index < -0.39 is 0 Å². The summed E-state index contributed by atoms with van der Waals surface area (Å²) in [5, 5.41) is 0. The third-order valence-corrected chi connectivity index (χ3v) is 3.99. The maximum absolute atomic E-state index is 12.5. The minimum absolute atomic E-state index is 0.122. The molecule has 21 heavy (non-hydrogen) atoms. The van der Waals surface area contributed by atoms with E-state index in [0.717, 1.165) is 25.7 Å². The summed E-state index contributed by atoms with van der Waals surface area (Å²) >= 11 is 0. The Balaban J connectivity index is 4.98. The molecule has 0 amide bonds. The molecule has 0 spiro atoms. The number of hydrogen-bond donors (Lipinski definition) is 0. The average molecular weight is 298 g/mol. The van der Waals surface area contributed by atoms with Crippen molar-refractivity contribution in [2.24, 2.45) is 23.7 Å². The lowest BCUT2D eigenvalue weighted by Crippen LogP contribution is -2.38. The molecule has 0 aliphatic carbocycles. The molecule has 0 saturated heterocycles. The van der Waals surface area contributed by atoms with E-state index in [4.69, 9.17) is 4.74 Å². The summed E-state index contributed by atoms with van der Waals surface area (Å²) < 4.78 is 5.40. The molecule has 0 N–H and O–H groups in total. The Bertz CT molecular complexity index is 308. The summed E-state index contributed by atoms with van der Waals surface area (Å²) in [5.74, 6) is -0.213. The van der Waals surface area contributed by atoms with E-state index in [1.54, 1.807) is 0 Å². The first-order valence-electron chi connectivity index (χ1n) is 8.56. The van der Waals surface area contributed by atoms with Crippen LogP contribution in [0.5, 0.6) is 0 Å². The van der Waals surface area contributed by atoms with Crippen LogP contribution in [0.25, 0.3) is 0 Å². The third kappa shape index (κ3) is 7.10. The molecule has 2 unspecified atom stereocenters. The maximum Gasteiger partial charge on any atom is 0.309 e. The second kappa shape index (κ2) is 10.8. The fraction of sp³-hybridized carbons (Fsp3) is 0.889. The van der Waals surface area contributed by atoms with Crippen LogP contribution in [0, 0.1) is 23.7 Å². The first-order valence-corrected chi connectivity index (χ1v) is 8.56. The zero-order valence-corrected chi connectivity index (χ0v) is 14.8. The molecule has 0 saturated carbocycles. The van der Waals surface area contributed by atoms with Gasteiger partial charge in [0, 0.05) is 12.3 Å². The number of unbranched alkanes of at least 4 members (excludes halogenated alkanes) is 2. The van der Waals surface area contributed by atoms with Crippen LogP contribution < -0.4 is 0 Å². The Morgan fingerprint density at radius 1 is 0.857 bits per heavy atom. The summed E-state index contributed by atoms with van der Waals surface area (Å²) in [4.78, 5) is 24.9. The first-order chi connectivity index (χ1) is 9.86. The fourth-order valence-electron chi connectivity index (χ4n) is 2.75. The Morgan fingerprint density at radius 3 is 1.81 bits per heavy atom. The second-order valence-electron chi connectivity index (χ2n) is 6.63. The highest BCUT2D eigenvalue weighted by molar-refractivity contribution is 5.87. The quantitative estimate of drug-likeness (QED) is 0.412. The minimum Gasteiger partial charge on any atom is -0.465 e. The van der Waals surface area contributed by atoms with E-state index in [1.807, 2.05) is 27.7 Å². The molecule has 3 heteroatoms. The van der Waals surface area contributed by atoms with Gasteiger partial charge in [-0.25, -0.2) is 0 Å². The van der Waals surface area contributed by atoms with E-state index >= 15 is 0 Å². The molecule has 0 bridgehead atoms. The van der Waals surface area contributed by atoms with Gasteiger partial charge in [-0.05, 0) is 24.7 Å². The van der Waals surface area contributed by atoms with Crippen LogP contribution in [0.15, 0.2) is 0 Å². The molecule has 0 radical (unpaired) electrons. The summed E-state index contributed by atoms with van der Waals surface area (Å²) in [6.07, 6.45) is 4.36. The molecule has 0 aromatic heterocycles. The fourth-order valence-corrected chi connectivity index (χ4v) is 2.75. The lowest BCUT2D eigenvalue weighted by atomic mass is 9.74. The molecule has 0 rings (SSSR count). The smallest absolute Gasteiger partial charge is 0.309 e. The van der Waals surface area contributed by atoms with Gasteiger partial charge in [-0.3, -0.25) is 9.59 Å². The number of Topliss-reactive ketones (excluding diaryl/α,β-unsaturated/α-hetero) is 1. The van der Waals surface area contributed by atoms with Crippen molar-refractivity contribution in [3.05, 3.63) is 0 Å². The highest BCUT2D eigenvalue weighted by Gasteiger charge is 2.38. The molecular weight excluding hydrogens is 264 g/mol. The molecule has 124 valence electrons. The molecule has 0 aliphatic rings. The van der Waals surface area contributed by atoms with E-state index in [9.17, 15) is 9.59 Å². The van der Waals surface area contributed by atoms with E-state index in [2.05, 4.69) is 13.8 Å². The van der Waals surface area contributed by atoms with E-state index in [1.165, 1.54) is 0 Å². The Hall–Kier alpha value is -0.860. The van der Waals surface area contributed by atoms with Gasteiger partial charge < -0.3 is 4.74 Å². The van der Waals surface area contributed by atoms with Crippen molar-refractivity contribution in [1.29, 1.82) is 0 Å². The SMILES string of the molecule is CCCCOC(=O)C(C(C)C)C(C(=O)CCCC)C(C)C. The largest absolute Gasteiger partial charge is 0.465 e. The van der Waals surface area contributed by atoms with Gasteiger partial charge in [-0.2, -0.15) is 0 Å². The van der Waals surface area contributed by atoms with E-state index in [-0.39, 0.29) is 35.4 Å². The van der Waals surface area contributed by atoms with Crippen molar-refractivity contribution in [3.8, 4) is 0 Å². The van der Waals surface area contributed by atoms with Gasteiger partial charge in [0.2, 0.25) is 0 Å². The Morgan fingerprint density at radius 2 is 1.38 bits per heavy atom. The van der Waals surface area contributed by atoms with Crippen LogP contribution in [0.3, 0.4) is 0 Å². The van der Waals surface area contributed by atoms with Gasteiger partial charge in [0.1, 0.15) is 5.78 Å². The maximum atomic E-state index is 12.5. The zero-order chi connectivity index (χ0) is 16.4. The van der Waals surface area contributed by atoms with Gasteiger partial charge in [0.15, 0.2) is 0 Å². The van der Waals surface area contributed by atoms with Gasteiger partial charge in [-0.15, -0.1) is 0 Å². The highest BCUT2D eigenvalue weighted by Crippen LogP contribution is 2.31. The van der Waals surface area contributed by atoms with Crippen LogP contribution in [-0.4, -0.2) is 18.4 Å². The molecule has 0 aliphatic heterocycles. The van der Waals surface area contributed by atoms with E-state index in [0.29, 0.717) is 13.0 Å². The molecule has 2 atom stereocenters.